The van der Waals surface area contributed by atoms with E-state index in [1.54, 1.807) is 57.4 Å². The van der Waals surface area contributed by atoms with Gasteiger partial charge in [0.2, 0.25) is 6.41 Å². The van der Waals surface area contributed by atoms with Gasteiger partial charge in [0.25, 0.3) is 5.56 Å². The van der Waals surface area contributed by atoms with Crippen LogP contribution in [0.15, 0.2) is 57.2 Å². The first kappa shape index (κ1) is 28.2. The second-order valence-corrected chi connectivity index (χ2v) is 12.1. The molecule has 1 fully saturated rings. The first-order valence-corrected chi connectivity index (χ1v) is 14.4. The number of hydrogen-bond acceptors (Lipinski definition) is 6. The molecule has 0 bridgehead atoms. The number of aryl methyl sites for hydroxylation is 1. The van der Waals surface area contributed by atoms with Gasteiger partial charge in [-0.3, -0.25) is 9.59 Å². The highest BCUT2D eigenvalue weighted by Gasteiger charge is 2.32. The number of hydrogen-bond donors (Lipinski definition) is 2. The van der Waals surface area contributed by atoms with E-state index in [2.05, 4.69) is 14.4 Å². The number of carbonyl (C=O) groups is 1. The zero-order chi connectivity index (χ0) is 28.5. The van der Waals surface area contributed by atoms with Crippen LogP contribution in [0.2, 0.25) is 0 Å². The Morgan fingerprint density at radius 1 is 1.23 bits per heavy atom. The molecule has 206 valence electrons. The van der Waals surface area contributed by atoms with Gasteiger partial charge in [-0.2, -0.15) is 9.46 Å². The average Bonchev–Trinajstić information content (AvgIpc) is 3.73. The molecule has 1 unspecified atom stereocenters. The van der Waals surface area contributed by atoms with Crippen molar-refractivity contribution in [3.63, 3.8) is 0 Å². The van der Waals surface area contributed by atoms with Crippen molar-refractivity contribution < 1.29 is 13.4 Å². The van der Waals surface area contributed by atoms with Crippen molar-refractivity contribution >= 4 is 39.1 Å². The van der Waals surface area contributed by atoms with Crippen LogP contribution in [0.25, 0.3) is 17.0 Å². The highest BCUT2D eigenvalue weighted by molar-refractivity contribution is 7.91. The lowest BCUT2D eigenvalue weighted by atomic mass is 10.0. The number of amides is 1. The Morgan fingerprint density at radius 2 is 1.95 bits per heavy atom. The van der Waals surface area contributed by atoms with Crippen LogP contribution in [0.4, 0.5) is 21.5 Å². The zero-order valence-electron chi connectivity index (χ0n) is 22.9. The van der Waals surface area contributed by atoms with E-state index in [1.807, 2.05) is 13.8 Å². The monoisotopic (exact) mass is 552 g/mol. The van der Waals surface area contributed by atoms with E-state index >= 15 is 0 Å². The predicted octanol–water partition coefficient (Wildman–Crippen LogP) is 5.01. The molecule has 11 heteroatoms. The minimum atomic E-state index is -2.67. The molecule has 1 aliphatic carbocycles. The number of aromatic nitrogens is 2. The standard InChI is InChI=1S/C28H33FN6O3S/c1-17(2)25(31-23-13-10-18(3)14-22(23)29)24-27(34(5)16-36)26(32-35(28(24)37)21-11-12-21)19-8-7-9-20(15-19)33-39(6,38)30-4/h7-10,13-16,21,31H,11-12H2,1-6H3,(H,30,33,38). The topological polar surface area (TPSA) is 109 Å². The van der Waals surface area contributed by atoms with E-state index in [-0.39, 0.29) is 28.5 Å². The number of benzene rings is 2. The van der Waals surface area contributed by atoms with Crippen molar-refractivity contribution in [1.29, 1.82) is 0 Å². The Hall–Kier alpha value is -3.83. The summed E-state index contributed by atoms with van der Waals surface area (Å²) in [4.78, 5) is 27.4. The Kier molecular flexibility index (Phi) is 8.03. The number of rotatable bonds is 9. The molecule has 0 radical (unpaired) electrons. The molecule has 2 aromatic carbocycles. The van der Waals surface area contributed by atoms with Crippen molar-refractivity contribution in [1.82, 2.24) is 14.5 Å². The Morgan fingerprint density at radius 3 is 2.54 bits per heavy atom. The molecule has 1 atom stereocenters. The van der Waals surface area contributed by atoms with Crippen molar-refractivity contribution in [2.24, 2.45) is 4.36 Å². The zero-order valence-corrected chi connectivity index (χ0v) is 23.7. The average molecular weight is 553 g/mol. The molecule has 1 amide bonds. The van der Waals surface area contributed by atoms with Gasteiger partial charge >= 0.3 is 0 Å². The van der Waals surface area contributed by atoms with Crippen LogP contribution in [-0.4, -0.2) is 40.8 Å². The first-order chi connectivity index (χ1) is 18.5. The van der Waals surface area contributed by atoms with Gasteiger partial charge < -0.3 is 10.2 Å². The third kappa shape index (κ3) is 6.10. The van der Waals surface area contributed by atoms with Crippen LogP contribution in [0.1, 0.15) is 43.9 Å². The smallest absolute Gasteiger partial charge is 0.278 e. The van der Waals surface area contributed by atoms with Crippen molar-refractivity contribution in [2.45, 2.75) is 39.7 Å². The van der Waals surface area contributed by atoms with Crippen LogP contribution in [-0.2, 0) is 14.7 Å². The fourth-order valence-corrected chi connectivity index (χ4v) is 4.77. The van der Waals surface area contributed by atoms with Gasteiger partial charge in [-0.25, -0.2) is 18.0 Å². The summed E-state index contributed by atoms with van der Waals surface area (Å²) in [5.74, 6) is -0.460. The Labute approximate surface area is 228 Å². The summed E-state index contributed by atoms with van der Waals surface area (Å²) >= 11 is 0. The van der Waals surface area contributed by atoms with E-state index in [1.165, 1.54) is 21.9 Å². The van der Waals surface area contributed by atoms with Crippen molar-refractivity contribution in [3.05, 3.63) is 75.3 Å². The van der Waals surface area contributed by atoms with E-state index in [0.717, 1.165) is 24.0 Å². The van der Waals surface area contributed by atoms with Crippen LogP contribution in [0, 0.1) is 12.7 Å². The summed E-state index contributed by atoms with van der Waals surface area (Å²) in [5.41, 5.74) is 3.57. The third-order valence-corrected chi connectivity index (χ3v) is 7.72. The van der Waals surface area contributed by atoms with Gasteiger partial charge in [0.15, 0.2) is 0 Å². The van der Waals surface area contributed by atoms with Crippen LogP contribution >= 0.6 is 0 Å². The minimum Gasteiger partial charge on any atom is -0.352 e. The molecule has 9 nitrogen and oxygen atoms in total. The molecule has 0 saturated heterocycles. The van der Waals surface area contributed by atoms with Crippen molar-refractivity contribution in [2.75, 3.05) is 30.6 Å². The van der Waals surface area contributed by atoms with Crippen LogP contribution in [0.3, 0.4) is 0 Å². The SMILES string of the molecule is CNS(C)(=O)=Nc1cccc(-c2nn(C3CC3)c(=O)c(C(Nc3ccc(C)cc3F)=C(C)C)c2N(C)C=O)c1. The Bertz CT molecular complexity index is 1650. The second kappa shape index (κ2) is 11.1. The maximum absolute atomic E-state index is 14.9. The highest BCUT2D eigenvalue weighted by atomic mass is 32.2. The largest absolute Gasteiger partial charge is 0.352 e. The third-order valence-electron chi connectivity index (χ3n) is 6.41. The summed E-state index contributed by atoms with van der Waals surface area (Å²) in [7, 11) is 0.443. The highest BCUT2D eigenvalue weighted by Crippen LogP contribution is 2.39. The maximum atomic E-state index is 14.9. The summed E-state index contributed by atoms with van der Waals surface area (Å²) in [5, 5.41) is 7.84. The van der Waals surface area contributed by atoms with E-state index < -0.39 is 15.7 Å². The normalized spacial score (nSPS) is 14.3. The minimum absolute atomic E-state index is 0.0772. The lowest BCUT2D eigenvalue weighted by Crippen LogP contribution is -2.32. The molecule has 0 aliphatic heterocycles. The van der Waals surface area contributed by atoms with E-state index in [0.29, 0.717) is 29.1 Å². The number of nitrogens with zero attached hydrogens (tertiary/aromatic N) is 4. The number of carbonyl (C=O) groups excluding carboxylic acids is 1. The van der Waals surface area contributed by atoms with Crippen molar-refractivity contribution in [3.8, 4) is 11.3 Å². The van der Waals surface area contributed by atoms with Crippen LogP contribution in [0.5, 0.6) is 0 Å². The predicted molar refractivity (Wildman–Crippen MR) is 155 cm³/mol. The summed E-state index contributed by atoms with van der Waals surface area (Å²) in [6.45, 7) is 5.42. The molecular formula is C28H33FN6O3S. The number of nitrogens with one attached hydrogen (secondary N) is 2. The lowest BCUT2D eigenvalue weighted by Gasteiger charge is -2.24. The second-order valence-electron chi connectivity index (χ2n) is 9.90. The molecule has 2 N–H and O–H groups in total. The molecular weight excluding hydrogens is 519 g/mol. The molecule has 1 heterocycles. The summed E-state index contributed by atoms with van der Waals surface area (Å²) in [6.07, 6.45) is 3.70. The van der Waals surface area contributed by atoms with Crippen LogP contribution < -0.4 is 20.5 Å². The fourth-order valence-electron chi connectivity index (χ4n) is 4.17. The van der Waals surface area contributed by atoms with Gasteiger partial charge in [0, 0.05) is 18.9 Å². The van der Waals surface area contributed by atoms with Gasteiger partial charge in [-0.1, -0.05) is 23.8 Å². The molecule has 39 heavy (non-hydrogen) atoms. The number of anilines is 2. The lowest BCUT2D eigenvalue weighted by molar-refractivity contribution is -0.107. The first-order valence-electron chi connectivity index (χ1n) is 12.5. The Balaban J connectivity index is 2.03. The van der Waals surface area contributed by atoms with Gasteiger partial charge in [0.1, 0.15) is 21.4 Å². The molecule has 1 aromatic heterocycles. The van der Waals surface area contributed by atoms with Gasteiger partial charge in [0.05, 0.1) is 34.4 Å². The quantitative estimate of drug-likeness (QED) is 0.363. The fraction of sp³-hybridized carbons (Fsp3) is 0.321. The summed E-state index contributed by atoms with van der Waals surface area (Å²) in [6, 6.07) is 11.7. The summed E-state index contributed by atoms with van der Waals surface area (Å²) < 4.78 is 35.9. The maximum Gasteiger partial charge on any atom is 0.278 e. The number of halogens is 1. The van der Waals surface area contributed by atoms with E-state index in [9.17, 15) is 18.2 Å². The molecule has 3 aromatic rings. The van der Waals surface area contributed by atoms with E-state index in [4.69, 9.17) is 5.10 Å². The van der Waals surface area contributed by atoms with Gasteiger partial charge in [-0.05, 0) is 70.5 Å². The number of allylic oxidation sites excluding steroid dienone is 1. The molecule has 4 rings (SSSR count). The molecule has 1 saturated carbocycles. The van der Waals surface area contributed by atoms with Gasteiger partial charge in [-0.15, -0.1) is 0 Å². The molecule has 1 aliphatic rings. The molecule has 0 spiro atoms.